The summed E-state index contributed by atoms with van der Waals surface area (Å²) in [5.74, 6) is 0.909. The highest BCUT2D eigenvalue weighted by Crippen LogP contribution is 2.28. The van der Waals surface area contributed by atoms with Crippen LogP contribution in [0.15, 0.2) is 52.1 Å². The van der Waals surface area contributed by atoms with E-state index in [2.05, 4.69) is 11.4 Å². The number of aliphatic hydroxyl groups excluding tert-OH is 1. The molecule has 1 unspecified atom stereocenters. The Hall–Kier alpha value is -0.810. The summed E-state index contributed by atoms with van der Waals surface area (Å²) in [7, 11) is 0. The molecule has 0 bridgehead atoms. The van der Waals surface area contributed by atoms with Gasteiger partial charge in [-0.2, -0.15) is 0 Å². The van der Waals surface area contributed by atoms with Crippen LogP contribution in [0.3, 0.4) is 0 Å². The highest BCUT2D eigenvalue weighted by atomic mass is 32.2. The van der Waals surface area contributed by atoms with Crippen LogP contribution < -0.4 is 5.73 Å². The van der Waals surface area contributed by atoms with Crippen LogP contribution in [0.2, 0.25) is 0 Å². The van der Waals surface area contributed by atoms with E-state index in [4.69, 9.17) is 5.73 Å². The molecule has 3 N–H and O–H groups in total. The fourth-order valence-electron chi connectivity index (χ4n) is 1.76. The quantitative estimate of drug-likeness (QED) is 0.799. The molecule has 0 aliphatic heterocycles. The zero-order chi connectivity index (χ0) is 12.8. The predicted molar refractivity (Wildman–Crippen MR) is 79.1 cm³/mol. The zero-order valence-corrected chi connectivity index (χ0v) is 11.7. The van der Waals surface area contributed by atoms with Crippen LogP contribution in [0.1, 0.15) is 12.0 Å². The monoisotopic (exact) mass is 279 g/mol. The van der Waals surface area contributed by atoms with E-state index < -0.39 is 5.54 Å². The van der Waals surface area contributed by atoms with Crippen LogP contribution in [0, 0.1) is 0 Å². The molecule has 1 atom stereocenters. The van der Waals surface area contributed by atoms with Gasteiger partial charge in [0.05, 0.1) is 16.4 Å². The number of nitrogens with two attached hydrogens (primary N) is 1. The van der Waals surface area contributed by atoms with E-state index in [1.54, 1.807) is 23.1 Å². The van der Waals surface area contributed by atoms with E-state index >= 15 is 0 Å². The van der Waals surface area contributed by atoms with Crippen LogP contribution in [-0.4, -0.2) is 17.5 Å². The largest absolute Gasteiger partial charge is 0.394 e. The molecule has 0 saturated carbocycles. The van der Waals surface area contributed by atoms with Gasteiger partial charge in [0.1, 0.15) is 0 Å². The highest BCUT2D eigenvalue weighted by molar-refractivity contribution is 8.01. The summed E-state index contributed by atoms with van der Waals surface area (Å²) in [4.78, 5) is 0. The number of thiophene rings is 1. The first-order valence-electron chi connectivity index (χ1n) is 5.86. The molecule has 0 spiro atoms. The van der Waals surface area contributed by atoms with Gasteiger partial charge in [0.2, 0.25) is 0 Å². The number of hydrogen-bond donors (Lipinski definition) is 2. The molecular weight excluding hydrogens is 262 g/mol. The van der Waals surface area contributed by atoms with E-state index in [0.29, 0.717) is 0 Å². The maximum absolute atomic E-state index is 9.56. The molecule has 96 valence electrons. The second-order valence-electron chi connectivity index (χ2n) is 4.21. The molecule has 0 amide bonds. The van der Waals surface area contributed by atoms with Gasteiger partial charge in [-0.05, 0) is 23.4 Å². The average molecular weight is 279 g/mol. The maximum atomic E-state index is 9.56. The minimum atomic E-state index is -0.633. The van der Waals surface area contributed by atoms with Gasteiger partial charge in [0, 0.05) is 5.75 Å². The molecule has 2 nitrogen and oxygen atoms in total. The Labute approximate surface area is 116 Å². The average Bonchev–Trinajstić information content (AvgIpc) is 2.93. The van der Waals surface area contributed by atoms with Crippen molar-refractivity contribution in [2.24, 2.45) is 5.73 Å². The van der Waals surface area contributed by atoms with Gasteiger partial charge < -0.3 is 10.8 Å². The minimum absolute atomic E-state index is 0.0258. The maximum Gasteiger partial charge on any atom is 0.0653 e. The number of aliphatic hydroxyl groups is 1. The van der Waals surface area contributed by atoms with Crippen molar-refractivity contribution >= 4 is 23.1 Å². The van der Waals surface area contributed by atoms with Crippen molar-refractivity contribution in [3.63, 3.8) is 0 Å². The van der Waals surface area contributed by atoms with Crippen LogP contribution in [0.5, 0.6) is 0 Å². The first-order valence-corrected chi connectivity index (χ1v) is 7.73. The molecule has 4 heteroatoms. The number of benzene rings is 1. The van der Waals surface area contributed by atoms with E-state index in [1.807, 2.05) is 36.4 Å². The predicted octanol–water partition coefficient (Wildman–Crippen LogP) is 3.08. The standard InChI is InChI=1S/C14H17NOS2/c15-14(11-16,12-5-2-1-3-6-12)8-10-18-13-7-4-9-17-13/h1-7,9,16H,8,10-11,15H2. The summed E-state index contributed by atoms with van der Waals surface area (Å²) in [6.45, 7) is -0.0258. The SMILES string of the molecule is NC(CO)(CCSc1cccs1)c1ccccc1. The van der Waals surface area contributed by atoms with Crippen molar-refractivity contribution in [3.05, 3.63) is 53.4 Å². The van der Waals surface area contributed by atoms with Gasteiger partial charge in [-0.25, -0.2) is 0 Å². The summed E-state index contributed by atoms with van der Waals surface area (Å²) in [5, 5.41) is 11.6. The van der Waals surface area contributed by atoms with Gasteiger partial charge in [0.25, 0.3) is 0 Å². The minimum Gasteiger partial charge on any atom is -0.394 e. The number of hydrogen-bond acceptors (Lipinski definition) is 4. The first kappa shape index (κ1) is 13.6. The smallest absolute Gasteiger partial charge is 0.0653 e. The van der Waals surface area contributed by atoms with Crippen LogP contribution >= 0.6 is 23.1 Å². The molecule has 1 aromatic carbocycles. The lowest BCUT2D eigenvalue weighted by atomic mass is 9.89. The second kappa shape index (κ2) is 6.38. The normalized spacial score (nSPS) is 14.3. The molecule has 0 fully saturated rings. The van der Waals surface area contributed by atoms with Crippen molar-refractivity contribution in [1.29, 1.82) is 0 Å². The topological polar surface area (TPSA) is 46.2 Å². The lowest BCUT2D eigenvalue weighted by molar-refractivity contribution is 0.193. The summed E-state index contributed by atoms with van der Waals surface area (Å²) in [6, 6.07) is 14.0. The molecule has 0 radical (unpaired) electrons. The Balaban J connectivity index is 1.96. The molecule has 18 heavy (non-hydrogen) atoms. The molecular formula is C14H17NOS2. The van der Waals surface area contributed by atoms with Gasteiger partial charge in [-0.15, -0.1) is 23.1 Å². The zero-order valence-electron chi connectivity index (χ0n) is 10.1. The van der Waals surface area contributed by atoms with Crippen molar-refractivity contribution < 1.29 is 5.11 Å². The first-order chi connectivity index (χ1) is 8.74. The number of thioether (sulfide) groups is 1. The van der Waals surface area contributed by atoms with Crippen molar-refractivity contribution in [3.8, 4) is 0 Å². The van der Waals surface area contributed by atoms with Gasteiger partial charge in [0.15, 0.2) is 0 Å². The van der Waals surface area contributed by atoms with Crippen molar-refractivity contribution in [2.75, 3.05) is 12.4 Å². The van der Waals surface area contributed by atoms with E-state index in [9.17, 15) is 5.11 Å². The summed E-state index contributed by atoms with van der Waals surface area (Å²) in [6.07, 6.45) is 0.760. The van der Waals surface area contributed by atoms with E-state index in [0.717, 1.165) is 17.7 Å². The molecule has 0 aliphatic rings. The molecule has 1 heterocycles. The van der Waals surface area contributed by atoms with Crippen LogP contribution in [0.25, 0.3) is 0 Å². The third-order valence-electron chi connectivity index (χ3n) is 2.92. The Morgan fingerprint density at radius 2 is 1.94 bits per heavy atom. The Morgan fingerprint density at radius 3 is 2.56 bits per heavy atom. The third-order valence-corrected chi connectivity index (χ3v) is 5.05. The Morgan fingerprint density at radius 1 is 1.17 bits per heavy atom. The fraction of sp³-hybridized carbons (Fsp3) is 0.286. The van der Waals surface area contributed by atoms with Crippen LogP contribution in [-0.2, 0) is 5.54 Å². The van der Waals surface area contributed by atoms with Crippen molar-refractivity contribution in [2.45, 2.75) is 16.2 Å². The summed E-state index contributed by atoms with van der Waals surface area (Å²) in [5.41, 5.74) is 6.66. The molecule has 1 aromatic heterocycles. The Kier molecular flexibility index (Phi) is 4.83. The lowest BCUT2D eigenvalue weighted by Gasteiger charge is -2.27. The summed E-state index contributed by atoms with van der Waals surface area (Å²) < 4.78 is 1.29. The van der Waals surface area contributed by atoms with Gasteiger partial charge in [-0.1, -0.05) is 36.4 Å². The number of rotatable bonds is 6. The highest BCUT2D eigenvalue weighted by Gasteiger charge is 2.25. The molecule has 0 saturated heterocycles. The third kappa shape index (κ3) is 3.36. The van der Waals surface area contributed by atoms with Crippen LogP contribution in [0.4, 0.5) is 0 Å². The molecule has 0 aliphatic carbocycles. The Bertz CT molecular complexity index is 458. The van der Waals surface area contributed by atoms with E-state index in [1.165, 1.54) is 4.21 Å². The van der Waals surface area contributed by atoms with E-state index in [-0.39, 0.29) is 6.61 Å². The lowest BCUT2D eigenvalue weighted by Crippen LogP contribution is -2.41. The molecule has 2 aromatic rings. The fourth-order valence-corrected chi connectivity index (χ4v) is 3.74. The second-order valence-corrected chi connectivity index (χ2v) is 6.55. The van der Waals surface area contributed by atoms with Gasteiger partial charge >= 0.3 is 0 Å². The summed E-state index contributed by atoms with van der Waals surface area (Å²) >= 11 is 3.53. The molecule has 2 rings (SSSR count). The van der Waals surface area contributed by atoms with Crippen molar-refractivity contribution in [1.82, 2.24) is 0 Å². The van der Waals surface area contributed by atoms with Gasteiger partial charge in [-0.3, -0.25) is 0 Å².